The molecule has 0 aliphatic carbocycles. The van der Waals surface area contributed by atoms with Gasteiger partial charge in [-0.05, 0) is 41.8 Å². The normalized spacial score (nSPS) is 14.8. The van der Waals surface area contributed by atoms with Gasteiger partial charge in [0.15, 0.2) is 0 Å². The number of carbonyl (C=O) groups is 1. The Labute approximate surface area is 154 Å². The van der Waals surface area contributed by atoms with Crippen LogP contribution >= 0.6 is 0 Å². The van der Waals surface area contributed by atoms with Crippen LogP contribution in [0, 0.1) is 11.3 Å². The molecule has 1 aliphatic rings. The number of nitriles is 1. The summed E-state index contributed by atoms with van der Waals surface area (Å²) in [5.74, 6) is 0.415. The molecule has 2 aromatic carbocycles. The van der Waals surface area contributed by atoms with Gasteiger partial charge >= 0.3 is 0 Å². The van der Waals surface area contributed by atoms with E-state index in [4.69, 9.17) is 5.26 Å². The van der Waals surface area contributed by atoms with E-state index in [0.717, 1.165) is 38.3 Å². The predicted octanol–water partition coefficient (Wildman–Crippen LogP) is 2.54. The van der Waals surface area contributed by atoms with Crippen molar-refractivity contribution in [2.75, 3.05) is 26.2 Å². The Morgan fingerprint density at radius 1 is 1.04 bits per heavy atom. The fourth-order valence-electron chi connectivity index (χ4n) is 3.22. The molecule has 0 unspecified atom stereocenters. The topological polar surface area (TPSA) is 67.6 Å². The Bertz CT molecular complexity index is 788. The summed E-state index contributed by atoms with van der Waals surface area (Å²) in [4.78, 5) is 16.7. The van der Waals surface area contributed by atoms with Crippen LogP contribution < -0.4 is 0 Å². The first kappa shape index (κ1) is 18.0. The summed E-state index contributed by atoms with van der Waals surface area (Å²) >= 11 is 0. The Morgan fingerprint density at radius 2 is 1.77 bits per heavy atom. The fraction of sp³-hybridized carbons (Fsp3) is 0.333. The number of hydrogen-bond donors (Lipinski definition) is 1. The van der Waals surface area contributed by atoms with Crippen LogP contribution in [-0.2, 0) is 17.8 Å². The van der Waals surface area contributed by atoms with E-state index >= 15 is 0 Å². The molecule has 1 N–H and O–H groups in total. The summed E-state index contributed by atoms with van der Waals surface area (Å²) in [6.07, 6.45) is 1.12. The zero-order valence-electron chi connectivity index (χ0n) is 14.8. The average molecular weight is 349 g/mol. The molecule has 0 spiro atoms. The van der Waals surface area contributed by atoms with Gasteiger partial charge in [-0.15, -0.1) is 0 Å². The lowest BCUT2D eigenvalue weighted by Crippen LogP contribution is -2.48. The molecular weight excluding hydrogens is 326 g/mol. The highest BCUT2D eigenvalue weighted by molar-refractivity contribution is 5.76. The third-order valence-electron chi connectivity index (χ3n) is 4.75. The van der Waals surface area contributed by atoms with E-state index in [0.29, 0.717) is 18.4 Å². The molecule has 2 aromatic rings. The number of aryl methyl sites for hydroxylation is 1. The van der Waals surface area contributed by atoms with Gasteiger partial charge in [0.2, 0.25) is 5.91 Å². The van der Waals surface area contributed by atoms with E-state index < -0.39 is 0 Å². The van der Waals surface area contributed by atoms with Gasteiger partial charge < -0.3 is 10.0 Å². The minimum absolute atomic E-state index is 0.173. The van der Waals surface area contributed by atoms with Gasteiger partial charge in [-0.25, -0.2) is 0 Å². The van der Waals surface area contributed by atoms with E-state index in [-0.39, 0.29) is 11.7 Å². The zero-order valence-corrected chi connectivity index (χ0v) is 14.8. The Balaban J connectivity index is 1.44. The van der Waals surface area contributed by atoms with Gasteiger partial charge in [-0.2, -0.15) is 5.26 Å². The van der Waals surface area contributed by atoms with E-state index in [1.807, 2.05) is 35.2 Å². The smallest absolute Gasteiger partial charge is 0.222 e. The lowest BCUT2D eigenvalue weighted by atomic mass is 10.1. The molecule has 26 heavy (non-hydrogen) atoms. The number of rotatable bonds is 5. The second-order valence-electron chi connectivity index (χ2n) is 6.64. The van der Waals surface area contributed by atoms with E-state index in [2.05, 4.69) is 11.0 Å². The van der Waals surface area contributed by atoms with Gasteiger partial charge in [-0.1, -0.05) is 24.3 Å². The molecule has 1 aliphatic heterocycles. The van der Waals surface area contributed by atoms with Crippen LogP contribution in [0.5, 0.6) is 5.75 Å². The maximum atomic E-state index is 12.4. The first-order valence-corrected chi connectivity index (χ1v) is 8.91. The molecular formula is C21H23N3O2. The lowest BCUT2D eigenvalue weighted by molar-refractivity contribution is -0.133. The van der Waals surface area contributed by atoms with Crippen molar-refractivity contribution in [2.24, 2.45) is 0 Å². The van der Waals surface area contributed by atoms with Crippen LogP contribution in [0.2, 0.25) is 0 Å². The molecule has 0 bridgehead atoms. The van der Waals surface area contributed by atoms with Crippen LogP contribution in [0.25, 0.3) is 0 Å². The zero-order chi connectivity index (χ0) is 18.4. The molecule has 0 aromatic heterocycles. The highest BCUT2D eigenvalue weighted by Crippen LogP contribution is 2.14. The Hall–Kier alpha value is -2.84. The van der Waals surface area contributed by atoms with Gasteiger partial charge in [0, 0.05) is 39.1 Å². The van der Waals surface area contributed by atoms with E-state index in [1.165, 1.54) is 5.56 Å². The maximum absolute atomic E-state index is 12.4. The highest BCUT2D eigenvalue weighted by Gasteiger charge is 2.20. The highest BCUT2D eigenvalue weighted by atomic mass is 16.3. The van der Waals surface area contributed by atoms with Crippen LogP contribution in [0.1, 0.15) is 23.1 Å². The molecule has 0 saturated carbocycles. The predicted molar refractivity (Wildman–Crippen MR) is 99.4 cm³/mol. The molecule has 1 saturated heterocycles. The van der Waals surface area contributed by atoms with Gasteiger partial charge in [0.25, 0.3) is 0 Å². The molecule has 134 valence electrons. The van der Waals surface area contributed by atoms with Crippen LogP contribution in [-0.4, -0.2) is 47.0 Å². The van der Waals surface area contributed by atoms with E-state index in [1.54, 1.807) is 18.2 Å². The molecule has 0 atom stereocenters. The number of phenolic OH excluding ortho intramolecular Hbond substituents is 1. The molecule has 1 amide bonds. The standard InChI is InChI=1S/C21H23N3O2/c22-15-18-4-6-19(7-5-18)16-23-10-12-24(13-11-23)21(26)9-8-17-2-1-3-20(25)14-17/h1-7,14,25H,8-13,16H2. The second-order valence-corrected chi connectivity index (χ2v) is 6.64. The Kier molecular flexibility index (Phi) is 5.88. The number of hydrogen-bond acceptors (Lipinski definition) is 4. The Morgan fingerprint density at radius 3 is 2.42 bits per heavy atom. The number of aromatic hydroxyl groups is 1. The molecule has 1 heterocycles. The number of benzene rings is 2. The van der Waals surface area contributed by atoms with Gasteiger partial charge in [-0.3, -0.25) is 9.69 Å². The van der Waals surface area contributed by atoms with Crippen molar-refractivity contribution in [3.8, 4) is 11.8 Å². The maximum Gasteiger partial charge on any atom is 0.222 e. The first-order valence-electron chi connectivity index (χ1n) is 8.91. The number of nitrogens with zero attached hydrogens (tertiary/aromatic N) is 3. The fourth-order valence-corrected chi connectivity index (χ4v) is 3.22. The summed E-state index contributed by atoms with van der Waals surface area (Å²) < 4.78 is 0. The average Bonchev–Trinajstić information content (AvgIpc) is 2.67. The molecule has 3 rings (SSSR count). The number of amides is 1. The molecule has 1 fully saturated rings. The van der Waals surface area contributed by atoms with Crippen molar-refractivity contribution in [1.29, 1.82) is 5.26 Å². The lowest BCUT2D eigenvalue weighted by Gasteiger charge is -2.34. The number of piperazine rings is 1. The monoisotopic (exact) mass is 349 g/mol. The summed E-state index contributed by atoms with van der Waals surface area (Å²) in [6.45, 7) is 4.05. The first-order chi connectivity index (χ1) is 12.6. The minimum atomic E-state index is 0.173. The third kappa shape index (κ3) is 4.84. The number of carbonyl (C=O) groups excluding carboxylic acids is 1. The van der Waals surface area contributed by atoms with Crippen molar-refractivity contribution in [3.05, 3.63) is 65.2 Å². The van der Waals surface area contributed by atoms with Crippen LogP contribution in [0.3, 0.4) is 0 Å². The van der Waals surface area contributed by atoms with Crippen molar-refractivity contribution in [2.45, 2.75) is 19.4 Å². The summed E-state index contributed by atoms with van der Waals surface area (Å²) in [5, 5.41) is 18.3. The quantitative estimate of drug-likeness (QED) is 0.901. The van der Waals surface area contributed by atoms with Gasteiger partial charge in [0.05, 0.1) is 11.6 Å². The van der Waals surface area contributed by atoms with E-state index in [9.17, 15) is 9.90 Å². The molecule has 5 heteroatoms. The third-order valence-corrected chi connectivity index (χ3v) is 4.75. The van der Waals surface area contributed by atoms with Crippen molar-refractivity contribution < 1.29 is 9.90 Å². The number of phenols is 1. The summed E-state index contributed by atoms with van der Waals surface area (Å²) in [7, 11) is 0. The van der Waals surface area contributed by atoms with Crippen LogP contribution in [0.15, 0.2) is 48.5 Å². The van der Waals surface area contributed by atoms with Crippen molar-refractivity contribution >= 4 is 5.91 Å². The SMILES string of the molecule is N#Cc1ccc(CN2CCN(C(=O)CCc3cccc(O)c3)CC2)cc1. The largest absolute Gasteiger partial charge is 0.508 e. The molecule has 0 radical (unpaired) electrons. The second kappa shape index (κ2) is 8.50. The van der Waals surface area contributed by atoms with Crippen LogP contribution in [0.4, 0.5) is 0 Å². The summed E-state index contributed by atoms with van der Waals surface area (Å²) in [6, 6.07) is 16.9. The van der Waals surface area contributed by atoms with Crippen molar-refractivity contribution in [1.82, 2.24) is 9.80 Å². The van der Waals surface area contributed by atoms with Crippen molar-refractivity contribution in [3.63, 3.8) is 0 Å². The molecule has 5 nitrogen and oxygen atoms in total. The van der Waals surface area contributed by atoms with Gasteiger partial charge in [0.1, 0.15) is 5.75 Å². The minimum Gasteiger partial charge on any atom is -0.508 e. The summed E-state index contributed by atoms with van der Waals surface area (Å²) in [5.41, 5.74) is 2.85.